The standard InChI is InChI=1S/C14H18FN3S/c1-3-13(16)14(10-8-17-18(2)9-10)19-12-6-4-5-11(15)7-12/h4-9,13-14H,3,16H2,1-2H3. The molecule has 2 rings (SSSR count). The number of hydrogen-bond acceptors (Lipinski definition) is 3. The maximum absolute atomic E-state index is 13.2. The molecule has 5 heteroatoms. The largest absolute Gasteiger partial charge is 0.326 e. The van der Waals surface area contributed by atoms with Crippen molar-refractivity contribution in [3.63, 3.8) is 0 Å². The van der Waals surface area contributed by atoms with Gasteiger partial charge < -0.3 is 5.73 Å². The molecule has 0 radical (unpaired) electrons. The molecule has 19 heavy (non-hydrogen) atoms. The van der Waals surface area contributed by atoms with E-state index in [1.807, 2.05) is 25.5 Å². The zero-order valence-electron chi connectivity index (χ0n) is 11.1. The fourth-order valence-corrected chi connectivity index (χ4v) is 3.15. The van der Waals surface area contributed by atoms with Gasteiger partial charge in [-0.05, 0) is 24.6 Å². The van der Waals surface area contributed by atoms with E-state index < -0.39 is 0 Å². The molecule has 2 unspecified atom stereocenters. The minimum atomic E-state index is -0.222. The molecule has 1 heterocycles. The number of aromatic nitrogens is 2. The Hall–Kier alpha value is -1.33. The van der Waals surface area contributed by atoms with E-state index in [0.29, 0.717) is 0 Å². The molecule has 3 nitrogen and oxygen atoms in total. The Morgan fingerprint density at radius 1 is 1.47 bits per heavy atom. The summed E-state index contributed by atoms with van der Waals surface area (Å²) in [6, 6.07) is 6.62. The highest BCUT2D eigenvalue weighted by atomic mass is 32.2. The van der Waals surface area contributed by atoms with E-state index in [-0.39, 0.29) is 17.1 Å². The van der Waals surface area contributed by atoms with Crippen molar-refractivity contribution in [1.29, 1.82) is 0 Å². The zero-order valence-corrected chi connectivity index (χ0v) is 11.9. The number of nitrogens with zero attached hydrogens (tertiary/aromatic N) is 2. The van der Waals surface area contributed by atoms with Crippen molar-refractivity contribution in [3.05, 3.63) is 48.0 Å². The second kappa shape index (κ2) is 6.21. The topological polar surface area (TPSA) is 43.8 Å². The Balaban J connectivity index is 2.24. The number of benzene rings is 1. The van der Waals surface area contributed by atoms with Crippen LogP contribution in [0.4, 0.5) is 4.39 Å². The number of thioether (sulfide) groups is 1. The highest BCUT2D eigenvalue weighted by Gasteiger charge is 2.21. The fourth-order valence-electron chi connectivity index (χ4n) is 1.89. The van der Waals surface area contributed by atoms with Crippen molar-refractivity contribution in [2.75, 3.05) is 0 Å². The summed E-state index contributed by atoms with van der Waals surface area (Å²) in [6.45, 7) is 2.06. The van der Waals surface area contributed by atoms with Crippen LogP contribution in [0.1, 0.15) is 24.2 Å². The van der Waals surface area contributed by atoms with Gasteiger partial charge in [0.1, 0.15) is 5.82 Å². The third-order valence-corrected chi connectivity index (χ3v) is 4.37. The molecule has 0 aliphatic rings. The van der Waals surface area contributed by atoms with Gasteiger partial charge in [-0.2, -0.15) is 5.10 Å². The van der Waals surface area contributed by atoms with Crippen molar-refractivity contribution in [2.45, 2.75) is 29.5 Å². The zero-order chi connectivity index (χ0) is 13.8. The van der Waals surface area contributed by atoms with Gasteiger partial charge in [-0.3, -0.25) is 4.68 Å². The van der Waals surface area contributed by atoms with Crippen molar-refractivity contribution in [1.82, 2.24) is 9.78 Å². The monoisotopic (exact) mass is 279 g/mol. The molecule has 0 fully saturated rings. The van der Waals surface area contributed by atoms with Crippen molar-refractivity contribution in [3.8, 4) is 0 Å². The van der Waals surface area contributed by atoms with Crippen LogP contribution in [0.3, 0.4) is 0 Å². The summed E-state index contributed by atoms with van der Waals surface area (Å²) in [5, 5.41) is 4.27. The molecular weight excluding hydrogens is 261 g/mol. The number of aryl methyl sites for hydroxylation is 1. The lowest BCUT2D eigenvalue weighted by atomic mass is 10.1. The van der Waals surface area contributed by atoms with Crippen LogP contribution in [0.25, 0.3) is 0 Å². The molecule has 0 aliphatic heterocycles. The first-order chi connectivity index (χ1) is 9.10. The maximum Gasteiger partial charge on any atom is 0.124 e. The summed E-state index contributed by atoms with van der Waals surface area (Å²) in [4.78, 5) is 0.887. The normalized spacial score (nSPS) is 14.3. The second-order valence-electron chi connectivity index (χ2n) is 4.52. The van der Waals surface area contributed by atoms with Gasteiger partial charge in [0.15, 0.2) is 0 Å². The molecule has 0 saturated carbocycles. The van der Waals surface area contributed by atoms with Crippen LogP contribution in [-0.4, -0.2) is 15.8 Å². The van der Waals surface area contributed by atoms with Crippen LogP contribution in [-0.2, 0) is 7.05 Å². The van der Waals surface area contributed by atoms with E-state index >= 15 is 0 Å². The van der Waals surface area contributed by atoms with Crippen LogP contribution in [0.2, 0.25) is 0 Å². The van der Waals surface area contributed by atoms with E-state index in [1.165, 1.54) is 12.1 Å². The molecule has 0 amide bonds. The SMILES string of the molecule is CCC(N)C(Sc1cccc(F)c1)c1cnn(C)c1. The summed E-state index contributed by atoms with van der Waals surface area (Å²) in [7, 11) is 1.88. The first-order valence-electron chi connectivity index (χ1n) is 6.26. The van der Waals surface area contributed by atoms with Gasteiger partial charge in [0, 0.05) is 29.7 Å². The minimum Gasteiger partial charge on any atom is -0.326 e. The Labute approximate surface area is 117 Å². The molecule has 1 aromatic carbocycles. The first kappa shape index (κ1) is 14.1. The molecule has 0 bridgehead atoms. The summed E-state index contributed by atoms with van der Waals surface area (Å²) in [5.74, 6) is -0.222. The third-order valence-electron chi connectivity index (χ3n) is 2.97. The highest BCUT2D eigenvalue weighted by Crippen LogP contribution is 2.37. The van der Waals surface area contributed by atoms with E-state index in [4.69, 9.17) is 5.73 Å². The average Bonchev–Trinajstić information content (AvgIpc) is 2.81. The van der Waals surface area contributed by atoms with Gasteiger partial charge in [-0.25, -0.2) is 4.39 Å². The Kier molecular flexibility index (Phi) is 4.61. The van der Waals surface area contributed by atoms with Crippen LogP contribution >= 0.6 is 11.8 Å². The maximum atomic E-state index is 13.2. The smallest absolute Gasteiger partial charge is 0.124 e. The van der Waals surface area contributed by atoms with Crippen LogP contribution < -0.4 is 5.73 Å². The number of rotatable bonds is 5. The van der Waals surface area contributed by atoms with Crippen molar-refractivity contribution in [2.24, 2.45) is 12.8 Å². The Morgan fingerprint density at radius 2 is 2.26 bits per heavy atom. The molecule has 0 saturated heterocycles. The Bertz CT molecular complexity index is 541. The first-order valence-corrected chi connectivity index (χ1v) is 7.14. The van der Waals surface area contributed by atoms with Gasteiger partial charge in [0.05, 0.1) is 11.4 Å². The van der Waals surface area contributed by atoms with Gasteiger partial charge in [-0.1, -0.05) is 13.0 Å². The van der Waals surface area contributed by atoms with Crippen LogP contribution in [0.15, 0.2) is 41.6 Å². The summed E-state index contributed by atoms with van der Waals surface area (Å²) < 4.78 is 15.0. The fraction of sp³-hybridized carbons (Fsp3) is 0.357. The van der Waals surface area contributed by atoms with Crippen molar-refractivity contribution < 1.29 is 4.39 Å². The van der Waals surface area contributed by atoms with E-state index in [1.54, 1.807) is 22.5 Å². The molecule has 2 atom stereocenters. The number of nitrogens with two attached hydrogens (primary N) is 1. The van der Waals surface area contributed by atoms with Crippen LogP contribution in [0, 0.1) is 5.82 Å². The molecular formula is C14H18FN3S. The lowest BCUT2D eigenvalue weighted by Crippen LogP contribution is -2.25. The summed E-state index contributed by atoms with van der Waals surface area (Å²) in [5.41, 5.74) is 7.27. The lowest BCUT2D eigenvalue weighted by molar-refractivity contribution is 0.622. The molecule has 2 N–H and O–H groups in total. The minimum absolute atomic E-state index is 0.0115. The number of hydrogen-bond donors (Lipinski definition) is 1. The lowest BCUT2D eigenvalue weighted by Gasteiger charge is -2.21. The molecule has 0 aliphatic carbocycles. The van der Waals surface area contributed by atoms with Gasteiger partial charge in [-0.15, -0.1) is 11.8 Å². The predicted octanol–water partition coefficient (Wildman–Crippen LogP) is 3.13. The van der Waals surface area contributed by atoms with Gasteiger partial charge in [0.25, 0.3) is 0 Å². The van der Waals surface area contributed by atoms with Gasteiger partial charge >= 0.3 is 0 Å². The summed E-state index contributed by atoms with van der Waals surface area (Å²) >= 11 is 1.58. The average molecular weight is 279 g/mol. The van der Waals surface area contributed by atoms with E-state index in [9.17, 15) is 4.39 Å². The molecule has 1 aromatic heterocycles. The van der Waals surface area contributed by atoms with Crippen LogP contribution in [0.5, 0.6) is 0 Å². The van der Waals surface area contributed by atoms with Gasteiger partial charge in [0.2, 0.25) is 0 Å². The van der Waals surface area contributed by atoms with E-state index in [0.717, 1.165) is 16.9 Å². The molecule has 2 aromatic rings. The van der Waals surface area contributed by atoms with Crippen molar-refractivity contribution >= 4 is 11.8 Å². The summed E-state index contributed by atoms with van der Waals surface area (Å²) in [6.07, 6.45) is 4.65. The molecule has 102 valence electrons. The molecule has 0 spiro atoms. The second-order valence-corrected chi connectivity index (χ2v) is 5.73. The Morgan fingerprint density at radius 3 is 2.84 bits per heavy atom. The number of halogens is 1. The quantitative estimate of drug-likeness (QED) is 0.855. The predicted molar refractivity (Wildman–Crippen MR) is 76.5 cm³/mol. The van der Waals surface area contributed by atoms with E-state index in [2.05, 4.69) is 12.0 Å². The highest BCUT2D eigenvalue weighted by molar-refractivity contribution is 7.99. The third kappa shape index (κ3) is 3.58.